The Morgan fingerprint density at radius 2 is 2.22 bits per heavy atom. The van der Waals surface area contributed by atoms with E-state index in [2.05, 4.69) is 34.3 Å². The Morgan fingerprint density at radius 3 is 2.78 bits per heavy atom. The standard InChI is InChI=1S/C17H26BrNO3S/c1-5-17(21-10-14-9-13(18)11-23-14)7-6-8-19(12-17)15(20)22-16(2,3)4/h9,11H,5-8,10,12H2,1-4H3. The third-order valence-electron chi connectivity index (χ3n) is 3.98. The molecular weight excluding hydrogens is 378 g/mol. The van der Waals surface area contributed by atoms with Crippen LogP contribution in [0.2, 0.25) is 0 Å². The van der Waals surface area contributed by atoms with Crippen LogP contribution in [-0.2, 0) is 16.1 Å². The first-order valence-corrected chi connectivity index (χ1v) is 9.75. The lowest BCUT2D eigenvalue weighted by Gasteiger charge is -2.42. The van der Waals surface area contributed by atoms with Crippen molar-refractivity contribution in [3.05, 3.63) is 20.8 Å². The van der Waals surface area contributed by atoms with Crippen molar-refractivity contribution in [2.24, 2.45) is 0 Å². The maximum Gasteiger partial charge on any atom is 0.410 e. The second-order valence-corrected chi connectivity index (χ2v) is 8.97. The molecule has 2 heterocycles. The minimum absolute atomic E-state index is 0.238. The van der Waals surface area contributed by atoms with E-state index in [1.54, 1.807) is 16.2 Å². The van der Waals surface area contributed by atoms with Gasteiger partial charge in [0, 0.05) is 21.3 Å². The van der Waals surface area contributed by atoms with Crippen LogP contribution in [-0.4, -0.2) is 35.3 Å². The molecule has 6 heteroatoms. The van der Waals surface area contributed by atoms with Crippen molar-refractivity contribution in [1.82, 2.24) is 4.90 Å². The second-order valence-electron chi connectivity index (χ2n) is 7.06. The average molecular weight is 404 g/mol. The molecule has 1 unspecified atom stereocenters. The third kappa shape index (κ3) is 5.47. The summed E-state index contributed by atoms with van der Waals surface area (Å²) in [5, 5.41) is 2.06. The van der Waals surface area contributed by atoms with Gasteiger partial charge in [-0.3, -0.25) is 0 Å². The smallest absolute Gasteiger partial charge is 0.410 e. The molecule has 0 spiro atoms. The van der Waals surface area contributed by atoms with E-state index in [0.717, 1.165) is 30.3 Å². The summed E-state index contributed by atoms with van der Waals surface area (Å²) < 4.78 is 12.9. The van der Waals surface area contributed by atoms with Gasteiger partial charge >= 0.3 is 6.09 Å². The fraction of sp³-hybridized carbons (Fsp3) is 0.706. The van der Waals surface area contributed by atoms with Crippen molar-refractivity contribution >= 4 is 33.4 Å². The number of halogens is 1. The minimum atomic E-state index is -0.465. The van der Waals surface area contributed by atoms with Crippen LogP contribution in [0.25, 0.3) is 0 Å². The zero-order valence-electron chi connectivity index (χ0n) is 14.4. The number of piperidine rings is 1. The number of carbonyl (C=O) groups excluding carboxylic acids is 1. The van der Waals surface area contributed by atoms with Crippen molar-refractivity contribution in [1.29, 1.82) is 0 Å². The molecular formula is C17H26BrNO3S. The van der Waals surface area contributed by atoms with E-state index in [4.69, 9.17) is 9.47 Å². The van der Waals surface area contributed by atoms with Crippen molar-refractivity contribution in [3.63, 3.8) is 0 Å². The molecule has 130 valence electrons. The Bertz CT molecular complexity index is 540. The van der Waals surface area contributed by atoms with Crippen LogP contribution in [0.15, 0.2) is 15.9 Å². The Morgan fingerprint density at radius 1 is 1.48 bits per heavy atom. The van der Waals surface area contributed by atoms with E-state index in [-0.39, 0.29) is 11.7 Å². The summed E-state index contributed by atoms with van der Waals surface area (Å²) in [7, 11) is 0. The lowest BCUT2D eigenvalue weighted by molar-refractivity contribution is -0.101. The van der Waals surface area contributed by atoms with Gasteiger partial charge in [0.05, 0.1) is 18.8 Å². The van der Waals surface area contributed by atoms with Crippen LogP contribution >= 0.6 is 27.3 Å². The monoisotopic (exact) mass is 403 g/mol. The molecule has 1 aromatic heterocycles. The fourth-order valence-electron chi connectivity index (χ4n) is 2.74. The molecule has 23 heavy (non-hydrogen) atoms. The van der Waals surface area contributed by atoms with Gasteiger partial charge < -0.3 is 14.4 Å². The highest BCUT2D eigenvalue weighted by Gasteiger charge is 2.38. The highest BCUT2D eigenvalue weighted by atomic mass is 79.9. The van der Waals surface area contributed by atoms with Crippen LogP contribution < -0.4 is 0 Å². The molecule has 0 saturated carbocycles. The van der Waals surface area contributed by atoms with Gasteiger partial charge in [0.2, 0.25) is 0 Å². The first-order chi connectivity index (χ1) is 10.7. The van der Waals surface area contributed by atoms with Crippen molar-refractivity contribution in [2.75, 3.05) is 13.1 Å². The number of rotatable bonds is 4. The molecule has 0 aromatic carbocycles. The summed E-state index contributed by atoms with van der Waals surface area (Å²) in [5.74, 6) is 0. The van der Waals surface area contributed by atoms with Gasteiger partial charge in [-0.05, 0) is 62.0 Å². The topological polar surface area (TPSA) is 38.8 Å². The van der Waals surface area contributed by atoms with Gasteiger partial charge in [-0.1, -0.05) is 6.92 Å². The molecule has 4 nitrogen and oxygen atoms in total. The zero-order valence-corrected chi connectivity index (χ0v) is 16.8. The van der Waals surface area contributed by atoms with E-state index < -0.39 is 5.60 Å². The predicted molar refractivity (Wildman–Crippen MR) is 96.9 cm³/mol. The molecule has 1 fully saturated rings. The van der Waals surface area contributed by atoms with Gasteiger partial charge in [-0.2, -0.15) is 0 Å². The first kappa shape index (κ1) is 18.7. The van der Waals surface area contributed by atoms with Gasteiger partial charge in [-0.15, -0.1) is 11.3 Å². The van der Waals surface area contributed by atoms with Crippen molar-refractivity contribution in [2.45, 2.75) is 64.8 Å². The Kier molecular flexibility index (Phi) is 6.14. The van der Waals surface area contributed by atoms with Gasteiger partial charge in [-0.25, -0.2) is 4.79 Å². The summed E-state index contributed by atoms with van der Waals surface area (Å²) in [6, 6.07) is 2.09. The Labute approximate surface area is 151 Å². The first-order valence-electron chi connectivity index (χ1n) is 8.08. The molecule has 1 aromatic rings. The van der Waals surface area contributed by atoms with Crippen molar-refractivity contribution < 1.29 is 14.3 Å². The summed E-state index contributed by atoms with van der Waals surface area (Å²) in [4.78, 5) is 15.3. The number of nitrogens with zero attached hydrogens (tertiary/aromatic N) is 1. The zero-order chi connectivity index (χ0) is 17.1. The second kappa shape index (κ2) is 7.53. The van der Waals surface area contributed by atoms with E-state index in [1.165, 1.54) is 4.88 Å². The van der Waals surface area contributed by atoms with E-state index in [0.29, 0.717) is 13.2 Å². The molecule has 1 saturated heterocycles. The molecule has 0 bridgehead atoms. The Hall–Kier alpha value is -0.590. The third-order valence-corrected chi connectivity index (χ3v) is 5.65. The summed E-state index contributed by atoms with van der Waals surface area (Å²) in [5.41, 5.74) is -0.737. The van der Waals surface area contributed by atoms with Crippen LogP contribution in [0.1, 0.15) is 51.8 Å². The quantitative estimate of drug-likeness (QED) is 0.692. The maximum atomic E-state index is 12.3. The Balaban J connectivity index is 1.98. The number of likely N-dealkylation sites (tertiary alicyclic amines) is 1. The minimum Gasteiger partial charge on any atom is -0.444 e. The van der Waals surface area contributed by atoms with Crippen LogP contribution in [0.4, 0.5) is 4.79 Å². The van der Waals surface area contributed by atoms with Gasteiger partial charge in [0.15, 0.2) is 0 Å². The molecule has 1 aliphatic heterocycles. The molecule has 0 aliphatic carbocycles. The largest absolute Gasteiger partial charge is 0.444 e. The number of hydrogen-bond donors (Lipinski definition) is 0. The lowest BCUT2D eigenvalue weighted by Crippen LogP contribution is -2.52. The van der Waals surface area contributed by atoms with E-state index in [9.17, 15) is 4.79 Å². The molecule has 1 atom stereocenters. The summed E-state index contributed by atoms with van der Waals surface area (Å²) >= 11 is 5.16. The molecule has 2 rings (SSSR count). The normalized spacial score (nSPS) is 22.2. The highest BCUT2D eigenvalue weighted by Crippen LogP contribution is 2.31. The van der Waals surface area contributed by atoms with Gasteiger partial charge in [0.25, 0.3) is 0 Å². The van der Waals surface area contributed by atoms with Crippen LogP contribution in [0, 0.1) is 0 Å². The number of thiophene rings is 1. The SMILES string of the molecule is CCC1(OCc2cc(Br)cs2)CCCN(C(=O)OC(C)(C)C)C1. The number of carbonyl (C=O) groups is 1. The number of ether oxygens (including phenoxy) is 2. The van der Waals surface area contributed by atoms with E-state index in [1.807, 2.05) is 20.8 Å². The number of hydrogen-bond acceptors (Lipinski definition) is 4. The summed E-state index contributed by atoms with van der Waals surface area (Å²) in [6.07, 6.45) is 2.58. The van der Waals surface area contributed by atoms with Crippen molar-refractivity contribution in [3.8, 4) is 0 Å². The summed E-state index contributed by atoms with van der Waals surface area (Å²) in [6.45, 7) is 9.75. The molecule has 1 amide bonds. The highest BCUT2D eigenvalue weighted by molar-refractivity contribution is 9.10. The van der Waals surface area contributed by atoms with Crippen LogP contribution in [0.5, 0.6) is 0 Å². The van der Waals surface area contributed by atoms with Gasteiger partial charge in [0.1, 0.15) is 5.60 Å². The molecule has 0 N–H and O–H groups in total. The van der Waals surface area contributed by atoms with Crippen LogP contribution in [0.3, 0.4) is 0 Å². The lowest BCUT2D eigenvalue weighted by atomic mass is 9.90. The molecule has 1 aliphatic rings. The number of amides is 1. The molecule has 0 radical (unpaired) electrons. The average Bonchev–Trinajstić information content (AvgIpc) is 2.89. The predicted octanol–water partition coefficient (Wildman–Crippen LogP) is 5.21. The van der Waals surface area contributed by atoms with E-state index >= 15 is 0 Å². The maximum absolute atomic E-state index is 12.3. The fourth-order valence-corrected chi connectivity index (χ4v) is 4.10.